The van der Waals surface area contributed by atoms with Gasteiger partial charge in [0, 0.05) is 19.2 Å². The summed E-state index contributed by atoms with van der Waals surface area (Å²) >= 11 is 3.29. The number of aliphatic hydroxyl groups is 1. The fourth-order valence-electron chi connectivity index (χ4n) is 1.24. The van der Waals surface area contributed by atoms with Gasteiger partial charge in [0.05, 0.1) is 0 Å². The first-order chi connectivity index (χ1) is 7.33. The molecule has 0 amide bonds. The van der Waals surface area contributed by atoms with E-state index >= 15 is 0 Å². The van der Waals surface area contributed by atoms with Crippen LogP contribution in [0.25, 0.3) is 0 Å². The van der Waals surface area contributed by atoms with Crippen molar-refractivity contribution in [3.63, 3.8) is 0 Å². The van der Waals surface area contributed by atoms with E-state index in [1.165, 1.54) is 6.33 Å². The van der Waals surface area contributed by atoms with E-state index in [0.717, 1.165) is 42.6 Å². The zero-order valence-electron chi connectivity index (χ0n) is 8.62. The normalized spacial score (nSPS) is 10.3. The van der Waals surface area contributed by atoms with E-state index in [-0.39, 0.29) is 0 Å². The highest BCUT2D eigenvalue weighted by Gasteiger charge is 1.95. The molecule has 0 aliphatic heterocycles. The van der Waals surface area contributed by atoms with Gasteiger partial charge in [0.25, 0.3) is 0 Å². The molecule has 0 radical (unpaired) electrons. The second kappa shape index (κ2) is 7.59. The number of anilines is 1. The number of nitrogens with one attached hydrogen (secondary N) is 1. The van der Waals surface area contributed by atoms with Gasteiger partial charge < -0.3 is 10.4 Å². The highest BCUT2D eigenvalue weighted by molar-refractivity contribution is 9.10. The molecule has 84 valence electrons. The first kappa shape index (κ1) is 12.4. The molecule has 0 spiro atoms. The topological polar surface area (TPSA) is 58.0 Å². The fourth-order valence-corrected chi connectivity index (χ4v) is 1.55. The molecule has 1 heterocycles. The van der Waals surface area contributed by atoms with Crippen LogP contribution >= 0.6 is 15.9 Å². The predicted octanol–water partition coefficient (Wildman–Crippen LogP) is 2.20. The van der Waals surface area contributed by atoms with Crippen LogP contribution in [-0.4, -0.2) is 28.2 Å². The summed E-state index contributed by atoms with van der Waals surface area (Å²) in [5, 5.41) is 11.8. The van der Waals surface area contributed by atoms with Gasteiger partial charge in [-0.15, -0.1) is 0 Å². The van der Waals surface area contributed by atoms with Crippen molar-refractivity contribution >= 4 is 21.7 Å². The molecule has 0 fully saturated rings. The number of halogens is 1. The molecule has 1 rings (SSSR count). The minimum Gasteiger partial charge on any atom is -0.396 e. The molecule has 0 aliphatic carbocycles. The molecular weight excluding hydrogens is 258 g/mol. The number of nitrogens with zero attached hydrogens (tertiary/aromatic N) is 2. The van der Waals surface area contributed by atoms with Gasteiger partial charge in [-0.05, 0) is 28.8 Å². The van der Waals surface area contributed by atoms with Crippen molar-refractivity contribution in [3.05, 3.63) is 17.0 Å². The summed E-state index contributed by atoms with van der Waals surface area (Å²) in [6.07, 6.45) is 5.75. The number of hydrogen-bond donors (Lipinski definition) is 2. The molecule has 0 saturated heterocycles. The van der Waals surface area contributed by atoms with Gasteiger partial charge in [-0.25, -0.2) is 9.97 Å². The summed E-state index contributed by atoms with van der Waals surface area (Å²) in [4.78, 5) is 8.03. The first-order valence-corrected chi connectivity index (χ1v) is 5.94. The molecule has 1 aromatic heterocycles. The van der Waals surface area contributed by atoms with Crippen LogP contribution in [0.2, 0.25) is 0 Å². The number of aromatic nitrogens is 2. The molecule has 1 aromatic rings. The molecule has 0 aliphatic rings. The van der Waals surface area contributed by atoms with Gasteiger partial charge in [0.2, 0.25) is 0 Å². The summed E-state index contributed by atoms with van der Waals surface area (Å²) in [5.41, 5.74) is 0. The molecule has 0 atom stereocenters. The van der Waals surface area contributed by atoms with Crippen LogP contribution < -0.4 is 5.32 Å². The average molecular weight is 274 g/mol. The third kappa shape index (κ3) is 5.69. The SMILES string of the molecule is OCCCCCCNc1cc(Br)ncn1. The van der Waals surface area contributed by atoms with E-state index in [9.17, 15) is 0 Å². The third-order valence-electron chi connectivity index (χ3n) is 2.02. The number of hydrogen-bond acceptors (Lipinski definition) is 4. The van der Waals surface area contributed by atoms with Crippen molar-refractivity contribution in [3.8, 4) is 0 Å². The van der Waals surface area contributed by atoms with E-state index in [2.05, 4.69) is 31.2 Å². The molecule has 4 nitrogen and oxygen atoms in total. The highest BCUT2D eigenvalue weighted by Crippen LogP contribution is 2.09. The molecule has 2 N–H and O–H groups in total. The molecule has 0 aromatic carbocycles. The summed E-state index contributed by atoms with van der Waals surface area (Å²) < 4.78 is 0.792. The molecule has 5 heteroatoms. The third-order valence-corrected chi connectivity index (χ3v) is 2.46. The summed E-state index contributed by atoms with van der Waals surface area (Å²) in [6.45, 7) is 1.21. The Morgan fingerprint density at radius 3 is 2.73 bits per heavy atom. The first-order valence-electron chi connectivity index (χ1n) is 5.15. The van der Waals surface area contributed by atoms with E-state index in [4.69, 9.17) is 5.11 Å². The summed E-state index contributed by atoms with van der Waals surface area (Å²) in [6, 6.07) is 1.85. The zero-order chi connectivity index (χ0) is 10.9. The molecular formula is C10H16BrN3O. The van der Waals surface area contributed by atoms with Crippen LogP contribution in [0.5, 0.6) is 0 Å². The summed E-state index contributed by atoms with van der Waals surface area (Å²) in [5.74, 6) is 0.846. The standard InChI is InChI=1S/C10H16BrN3O/c11-9-7-10(14-8-13-9)12-5-3-1-2-4-6-15/h7-8,15H,1-6H2,(H,12,13,14). The van der Waals surface area contributed by atoms with Gasteiger partial charge in [-0.2, -0.15) is 0 Å². The van der Waals surface area contributed by atoms with Crippen LogP contribution in [0, 0.1) is 0 Å². The predicted molar refractivity (Wildman–Crippen MR) is 63.8 cm³/mol. The van der Waals surface area contributed by atoms with E-state index in [1.54, 1.807) is 0 Å². The lowest BCUT2D eigenvalue weighted by Crippen LogP contribution is -2.03. The van der Waals surface area contributed by atoms with Crippen molar-refractivity contribution in [1.29, 1.82) is 0 Å². The quantitative estimate of drug-likeness (QED) is 0.591. The van der Waals surface area contributed by atoms with Crippen LogP contribution in [0.1, 0.15) is 25.7 Å². The second-order valence-corrected chi connectivity index (χ2v) is 4.10. The van der Waals surface area contributed by atoms with Crippen molar-refractivity contribution in [2.75, 3.05) is 18.5 Å². The Kier molecular flexibility index (Phi) is 6.27. The van der Waals surface area contributed by atoms with Crippen molar-refractivity contribution < 1.29 is 5.11 Å². The second-order valence-electron chi connectivity index (χ2n) is 3.29. The maximum Gasteiger partial charge on any atom is 0.130 e. The molecule has 15 heavy (non-hydrogen) atoms. The van der Waals surface area contributed by atoms with Crippen molar-refractivity contribution in [2.24, 2.45) is 0 Å². The van der Waals surface area contributed by atoms with Gasteiger partial charge in [-0.3, -0.25) is 0 Å². The molecule has 0 unspecified atom stereocenters. The van der Waals surface area contributed by atoms with Crippen LogP contribution in [0.4, 0.5) is 5.82 Å². The Balaban J connectivity index is 2.10. The average Bonchev–Trinajstić information content (AvgIpc) is 2.23. The van der Waals surface area contributed by atoms with Gasteiger partial charge in [0.15, 0.2) is 0 Å². The Hall–Kier alpha value is -0.680. The number of unbranched alkanes of at least 4 members (excludes halogenated alkanes) is 3. The lowest BCUT2D eigenvalue weighted by molar-refractivity contribution is 0.283. The smallest absolute Gasteiger partial charge is 0.130 e. The van der Waals surface area contributed by atoms with E-state index < -0.39 is 0 Å². The monoisotopic (exact) mass is 273 g/mol. The Morgan fingerprint density at radius 2 is 2.00 bits per heavy atom. The van der Waals surface area contributed by atoms with Gasteiger partial charge in [-0.1, -0.05) is 12.8 Å². The lowest BCUT2D eigenvalue weighted by atomic mass is 10.2. The van der Waals surface area contributed by atoms with Crippen LogP contribution in [0.3, 0.4) is 0 Å². The highest BCUT2D eigenvalue weighted by atomic mass is 79.9. The number of aliphatic hydroxyl groups excluding tert-OH is 1. The maximum absolute atomic E-state index is 8.59. The van der Waals surface area contributed by atoms with Crippen molar-refractivity contribution in [1.82, 2.24) is 9.97 Å². The minimum absolute atomic E-state index is 0.298. The summed E-state index contributed by atoms with van der Waals surface area (Å²) in [7, 11) is 0. The lowest BCUT2D eigenvalue weighted by Gasteiger charge is -2.04. The molecule has 0 bridgehead atoms. The zero-order valence-corrected chi connectivity index (χ0v) is 10.2. The minimum atomic E-state index is 0.298. The largest absolute Gasteiger partial charge is 0.396 e. The van der Waals surface area contributed by atoms with Crippen LogP contribution in [0.15, 0.2) is 17.0 Å². The van der Waals surface area contributed by atoms with Gasteiger partial charge >= 0.3 is 0 Å². The van der Waals surface area contributed by atoms with Gasteiger partial charge in [0.1, 0.15) is 16.7 Å². The Morgan fingerprint density at radius 1 is 1.20 bits per heavy atom. The Labute approximate surface area is 98.3 Å². The van der Waals surface area contributed by atoms with E-state index in [1.807, 2.05) is 6.07 Å². The maximum atomic E-state index is 8.59. The fraction of sp³-hybridized carbons (Fsp3) is 0.600. The Bertz CT molecular complexity index is 283. The van der Waals surface area contributed by atoms with Crippen LogP contribution in [-0.2, 0) is 0 Å². The van der Waals surface area contributed by atoms with Crippen molar-refractivity contribution in [2.45, 2.75) is 25.7 Å². The van der Waals surface area contributed by atoms with E-state index in [0.29, 0.717) is 6.61 Å². The molecule has 0 saturated carbocycles. The number of rotatable bonds is 7.